The summed E-state index contributed by atoms with van der Waals surface area (Å²) in [6.07, 6.45) is 5.41. The van der Waals surface area contributed by atoms with Gasteiger partial charge < -0.3 is 21.3 Å². The minimum absolute atomic E-state index is 0.0140. The van der Waals surface area contributed by atoms with Crippen molar-refractivity contribution in [2.75, 3.05) is 28.6 Å². The molecule has 1 saturated heterocycles. The highest BCUT2D eigenvalue weighted by molar-refractivity contribution is 5.96. The fourth-order valence-corrected chi connectivity index (χ4v) is 4.57. The number of primary amides is 1. The first-order valence-electron chi connectivity index (χ1n) is 13.1. The van der Waals surface area contributed by atoms with E-state index in [9.17, 15) is 4.79 Å². The summed E-state index contributed by atoms with van der Waals surface area (Å²) in [7, 11) is 0. The van der Waals surface area contributed by atoms with E-state index >= 15 is 0 Å². The Hall–Kier alpha value is -4.60. The van der Waals surface area contributed by atoms with Crippen molar-refractivity contribution in [3.63, 3.8) is 0 Å². The van der Waals surface area contributed by atoms with Crippen LogP contribution in [-0.4, -0.2) is 50.2 Å². The van der Waals surface area contributed by atoms with Crippen LogP contribution in [0.15, 0.2) is 67.0 Å². The van der Waals surface area contributed by atoms with Gasteiger partial charge in [0.25, 0.3) is 5.91 Å². The number of carbonyl (C=O) groups excluding carboxylic acids is 1. The summed E-state index contributed by atoms with van der Waals surface area (Å²) in [4.78, 5) is 27.4. The number of hydrogen-bond acceptors (Lipinski definition) is 9. The number of piperidine rings is 1. The third-order valence-corrected chi connectivity index (χ3v) is 6.71. The minimum atomic E-state index is -0.699. The molecule has 0 spiro atoms. The zero-order chi connectivity index (χ0) is 27.4. The second kappa shape index (κ2) is 11.0. The summed E-state index contributed by atoms with van der Waals surface area (Å²) >= 11 is 0. The molecule has 200 valence electrons. The van der Waals surface area contributed by atoms with Crippen LogP contribution in [0.3, 0.4) is 0 Å². The Morgan fingerprint density at radius 1 is 0.974 bits per heavy atom. The maximum Gasteiger partial charge on any atom is 0.273 e. The smallest absolute Gasteiger partial charge is 0.273 e. The van der Waals surface area contributed by atoms with E-state index in [4.69, 9.17) is 5.73 Å². The molecule has 1 aliphatic rings. The number of amides is 1. The summed E-state index contributed by atoms with van der Waals surface area (Å²) in [5.74, 6) is 0.650. The lowest BCUT2D eigenvalue weighted by Crippen LogP contribution is -2.43. The maximum absolute atomic E-state index is 12.1. The Bertz CT molecular complexity index is 1420. The van der Waals surface area contributed by atoms with Crippen LogP contribution in [0.4, 0.5) is 23.1 Å². The topological polar surface area (TPSA) is 135 Å². The first-order valence-corrected chi connectivity index (χ1v) is 13.1. The fraction of sp³-hybridized carbons (Fsp3) is 0.310. The number of aromatic nitrogens is 5. The molecule has 3 heterocycles. The molecular weight excluding hydrogens is 490 g/mol. The van der Waals surface area contributed by atoms with Gasteiger partial charge in [-0.15, -0.1) is 10.2 Å². The van der Waals surface area contributed by atoms with Gasteiger partial charge in [0.2, 0.25) is 5.95 Å². The van der Waals surface area contributed by atoms with Crippen molar-refractivity contribution in [2.45, 2.75) is 45.1 Å². The largest absolute Gasteiger partial charge is 0.381 e. The van der Waals surface area contributed by atoms with Gasteiger partial charge in [-0.25, -0.2) is 9.97 Å². The third-order valence-electron chi connectivity index (χ3n) is 6.71. The summed E-state index contributed by atoms with van der Waals surface area (Å²) in [6.45, 7) is 8.14. The van der Waals surface area contributed by atoms with Crippen molar-refractivity contribution < 1.29 is 4.79 Å². The number of benzene rings is 2. The number of nitrogens with one attached hydrogen (secondary N) is 2. The molecule has 1 atom stereocenters. The van der Waals surface area contributed by atoms with Crippen LogP contribution >= 0.6 is 0 Å². The van der Waals surface area contributed by atoms with E-state index in [2.05, 4.69) is 85.7 Å². The highest BCUT2D eigenvalue weighted by atomic mass is 16.1. The van der Waals surface area contributed by atoms with Gasteiger partial charge in [-0.05, 0) is 66.3 Å². The summed E-state index contributed by atoms with van der Waals surface area (Å²) in [5, 5.41) is 15.2. The molecule has 10 nitrogen and oxygen atoms in total. The molecule has 5 rings (SSSR count). The highest BCUT2D eigenvalue weighted by Gasteiger charge is 2.24. The Morgan fingerprint density at radius 3 is 2.33 bits per heavy atom. The van der Waals surface area contributed by atoms with Crippen molar-refractivity contribution in [3.8, 4) is 11.4 Å². The minimum Gasteiger partial charge on any atom is -0.381 e. The number of anilines is 4. The summed E-state index contributed by atoms with van der Waals surface area (Å²) < 4.78 is 0. The van der Waals surface area contributed by atoms with E-state index in [0.29, 0.717) is 18.3 Å². The number of nitrogens with zero attached hydrogens (tertiary/aromatic N) is 6. The lowest BCUT2D eigenvalue weighted by molar-refractivity contribution is 0.0995. The summed E-state index contributed by atoms with van der Waals surface area (Å²) in [6, 6.07) is 18.1. The van der Waals surface area contributed by atoms with E-state index in [1.165, 1.54) is 5.56 Å². The molecule has 10 heteroatoms. The van der Waals surface area contributed by atoms with Crippen LogP contribution in [0.25, 0.3) is 11.4 Å². The highest BCUT2D eigenvalue weighted by Crippen LogP contribution is 2.26. The molecule has 39 heavy (non-hydrogen) atoms. The van der Waals surface area contributed by atoms with Gasteiger partial charge in [-0.2, -0.15) is 4.98 Å². The van der Waals surface area contributed by atoms with Gasteiger partial charge in [-0.1, -0.05) is 32.9 Å². The predicted molar refractivity (Wildman–Crippen MR) is 153 cm³/mol. The van der Waals surface area contributed by atoms with Crippen LogP contribution in [0.5, 0.6) is 0 Å². The van der Waals surface area contributed by atoms with E-state index in [1.54, 1.807) is 18.5 Å². The van der Waals surface area contributed by atoms with Crippen LogP contribution in [-0.2, 0) is 5.41 Å². The van der Waals surface area contributed by atoms with Crippen molar-refractivity contribution >= 4 is 29.0 Å². The second-order valence-corrected chi connectivity index (χ2v) is 10.7. The van der Waals surface area contributed by atoms with Gasteiger partial charge in [0.1, 0.15) is 0 Å². The quantitative estimate of drug-likeness (QED) is 0.319. The molecule has 2 aromatic carbocycles. The molecule has 1 unspecified atom stereocenters. The lowest BCUT2D eigenvalue weighted by atomic mass is 9.87. The average molecular weight is 524 g/mol. The number of nitrogens with two attached hydrogens (primary N) is 1. The molecule has 2 aromatic heterocycles. The van der Waals surface area contributed by atoms with Gasteiger partial charge in [-0.3, -0.25) is 4.79 Å². The van der Waals surface area contributed by atoms with Gasteiger partial charge in [0.05, 0.1) is 0 Å². The molecule has 0 radical (unpaired) electrons. The van der Waals surface area contributed by atoms with Crippen LogP contribution in [0.1, 0.15) is 49.7 Å². The fourth-order valence-electron chi connectivity index (χ4n) is 4.57. The molecule has 1 fully saturated rings. The van der Waals surface area contributed by atoms with Crippen molar-refractivity contribution in [3.05, 3.63) is 78.2 Å². The zero-order valence-corrected chi connectivity index (χ0v) is 22.4. The Labute approximate surface area is 228 Å². The van der Waals surface area contributed by atoms with E-state index in [0.717, 1.165) is 36.3 Å². The predicted octanol–water partition coefficient (Wildman–Crippen LogP) is 4.55. The second-order valence-electron chi connectivity index (χ2n) is 10.7. The average Bonchev–Trinajstić information content (AvgIpc) is 2.94. The summed E-state index contributed by atoms with van der Waals surface area (Å²) in [5.41, 5.74) is 9.67. The van der Waals surface area contributed by atoms with E-state index < -0.39 is 5.91 Å². The first-order chi connectivity index (χ1) is 18.8. The van der Waals surface area contributed by atoms with Crippen LogP contribution < -0.4 is 21.3 Å². The van der Waals surface area contributed by atoms with Gasteiger partial charge in [0, 0.05) is 48.5 Å². The number of carbonyl (C=O) groups is 1. The standard InChI is InChI=1S/C29H33N9O/c1-29(2,3)20-9-13-21(14-10-20)33-23-6-4-17-38(18-23)28-35-27(24(25(30)39)36-37-28)34-22-11-7-19(8-12-22)26-31-15-5-16-32-26/h5,7-16,23,33H,4,6,17-18H2,1-3H3,(H2,30,39)(H,34,35,37). The SMILES string of the molecule is CC(C)(C)c1ccc(NC2CCCN(c3nnc(C(N)=O)c(Nc4ccc(-c5ncccn5)cc4)n3)C2)cc1. The molecule has 0 bridgehead atoms. The molecule has 0 aliphatic carbocycles. The Morgan fingerprint density at radius 2 is 1.67 bits per heavy atom. The van der Waals surface area contributed by atoms with Crippen LogP contribution in [0.2, 0.25) is 0 Å². The maximum atomic E-state index is 12.1. The van der Waals surface area contributed by atoms with Crippen molar-refractivity contribution in [1.82, 2.24) is 25.1 Å². The van der Waals surface area contributed by atoms with Crippen molar-refractivity contribution in [1.29, 1.82) is 0 Å². The van der Waals surface area contributed by atoms with E-state index in [-0.39, 0.29) is 23.0 Å². The van der Waals surface area contributed by atoms with Crippen LogP contribution in [0, 0.1) is 0 Å². The molecular formula is C29H33N9O. The molecule has 1 aliphatic heterocycles. The lowest BCUT2D eigenvalue weighted by Gasteiger charge is -2.33. The van der Waals surface area contributed by atoms with Gasteiger partial charge in [0.15, 0.2) is 17.3 Å². The van der Waals surface area contributed by atoms with Gasteiger partial charge >= 0.3 is 0 Å². The molecule has 1 amide bonds. The first kappa shape index (κ1) is 26.0. The molecule has 0 saturated carbocycles. The van der Waals surface area contributed by atoms with Crippen molar-refractivity contribution in [2.24, 2.45) is 5.73 Å². The Kier molecular flexibility index (Phi) is 7.36. The normalized spacial score (nSPS) is 15.6. The Balaban J connectivity index is 1.31. The third kappa shape index (κ3) is 6.28. The zero-order valence-electron chi connectivity index (χ0n) is 22.4. The number of hydrogen-bond donors (Lipinski definition) is 3. The molecule has 4 N–H and O–H groups in total. The molecule has 4 aromatic rings. The monoisotopic (exact) mass is 523 g/mol. The number of rotatable bonds is 7. The van der Waals surface area contributed by atoms with E-state index in [1.807, 2.05) is 24.3 Å².